The van der Waals surface area contributed by atoms with E-state index in [4.69, 9.17) is 4.74 Å². The van der Waals surface area contributed by atoms with E-state index in [1.165, 1.54) is 12.0 Å². The average molecular weight is 204 g/mol. The van der Waals surface area contributed by atoms with Crippen LogP contribution >= 0.6 is 0 Å². The van der Waals surface area contributed by atoms with Crippen LogP contribution in [0.2, 0.25) is 0 Å². The largest absolute Gasteiger partial charge is 0.472 e. The van der Waals surface area contributed by atoms with Crippen molar-refractivity contribution in [2.45, 2.75) is 26.2 Å². The Labute approximate surface area is 90.2 Å². The van der Waals surface area contributed by atoms with Crippen LogP contribution in [0.3, 0.4) is 0 Å². The maximum absolute atomic E-state index is 5.36. The number of aromatic nitrogens is 2. The fraction of sp³-hybridized carbons (Fsp3) is 0.500. The first-order valence-electron chi connectivity index (χ1n) is 5.38. The van der Waals surface area contributed by atoms with Gasteiger partial charge in [-0.2, -0.15) is 5.10 Å². The molecular formula is C12H16N2O. The summed E-state index contributed by atoms with van der Waals surface area (Å²) in [6.45, 7) is 6.36. The van der Waals surface area contributed by atoms with Gasteiger partial charge >= 0.3 is 0 Å². The topological polar surface area (TPSA) is 35.0 Å². The molecule has 3 heteroatoms. The van der Waals surface area contributed by atoms with E-state index in [-0.39, 0.29) is 0 Å². The highest BCUT2D eigenvalue weighted by Gasteiger charge is 2.17. The van der Waals surface area contributed by atoms with E-state index in [0.29, 0.717) is 12.5 Å². The van der Waals surface area contributed by atoms with Crippen LogP contribution in [0.1, 0.15) is 24.6 Å². The van der Waals surface area contributed by atoms with Gasteiger partial charge in [-0.1, -0.05) is 19.6 Å². The third-order valence-corrected chi connectivity index (χ3v) is 2.73. The Morgan fingerprint density at radius 3 is 3.27 bits per heavy atom. The molecule has 1 heterocycles. The van der Waals surface area contributed by atoms with Crippen molar-refractivity contribution in [1.29, 1.82) is 0 Å². The number of fused-ring (bicyclic) bond motifs is 1. The Hall–Kier alpha value is -1.38. The third kappa shape index (κ3) is 2.35. The summed E-state index contributed by atoms with van der Waals surface area (Å²) in [6.07, 6.45) is 5.07. The van der Waals surface area contributed by atoms with Gasteiger partial charge in [0.15, 0.2) is 0 Å². The number of hydrogen-bond acceptors (Lipinski definition) is 3. The highest BCUT2D eigenvalue weighted by atomic mass is 16.5. The summed E-state index contributed by atoms with van der Waals surface area (Å²) < 4.78 is 5.36. The molecule has 1 atom stereocenters. The van der Waals surface area contributed by atoms with E-state index in [1.54, 1.807) is 6.08 Å². The van der Waals surface area contributed by atoms with Gasteiger partial charge in [0, 0.05) is 6.07 Å². The molecule has 1 aromatic rings. The summed E-state index contributed by atoms with van der Waals surface area (Å²) in [5.41, 5.74) is 2.43. The molecule has 1 aromatic heterocycles. The molecule has 0 aliphatic heterocycles. The zero-order chi connectivity index (χ0) is 10.7. The number of rotatable bonds is 3. The van der Waals surface area contributed by atoms with Gasteiger partial charge in [0.05, 0.1) is 5.69 Å². The molecule has 3 nitrogen and oxygen atoms in total. The predicted octanol–water partition coefficient (Wildman–Crippen LogP) is 2.17. The van der Waals surface area contributed by atoms with Crippen molar-refractivity contribution in [2.24, 2.45) is 5.92 Å². The third-order valence-electron chi connectivity index (χ3n) is 2.73. The van der Waals surface area contributed by atoms with Crippen LogP contribution in [0.4, 0.5) is 0 Å². The molecule has 2 rings (SSSR count). The number of ether oxygens (including phenoxy) is 1. The second-order valence-electron chi connectivity index (χ2n) is 4.10. The smallest absolute Gasteiger partial charge is 0.233 e. The maximum atomic E-state index is 5.36. The minimum atomic E-state index is 0.489. The van der Waals surface area contributed by atoms with E-state index in [1.807, 2.05) is 6.07 Å². The van der Waals surface area contributed by atoms with Crippen molar-refractivity contribution in [3.05, 3.63) is 30.0 Å². The van der Waals surface area contributed by atoms with Crippen LogP contribution in [-0.4, -0.2) is 16.8 Å². The lowest BCUT2D eigenvalue weighted by Gasteiger charge is -2.19. The summed E-state index contributed by atoms with van der Waals surface area (Å²) in [4.78, 5) is 0. The van der Waals surface area contributed by atoms with Gasteiger partial charge in [-0.25, -0.2) is 0 Å². The summed E-state index contributed by atoms with van der Waals surface area (Å²) in [5.74, 6) is 1.36. The normalized spacial score (nSPS) is 19.4. The lowest BCUT2D eigenvalue weighted by atomic mass is 9.88. The predicted molar refractivity (Wildman–Crippen MR) is 58.9 cm³/mol. The second-order valence-corrected chi connectivity index (χ2v) is 4.10. The molecule has 15 heavy (non-hydrogen) atoms. The molecule has 0 amide bonds. The van der Waals surface area contributed by atoms with Gasteiger partial charge in [0.1, 0.15) is 6.61 Å². The molecule has 1 aliphatic carbocycles. The molecule has 0 aromatic carbocycles. The van der Waals surface area contributed by atoms with Crippen molar-refractivity contribution in [3.63, 3.8) is 0 Å². The monoisotopic (exact) mass is 204 g/mol. The standard InChI is InChI=1S/C12H16N2O/c1-3-6-15-12-8-10-7-9(2)4-5-11(10)13-14-12/h3,8-9H,1,4-7H2,2H3. The van der Waals surface area contributed by atoms with Gasteiger partial charge in [0.25, 0.3) is 0 Å². The summed E-state index contributed by atoms with van der Waals surface area (Å²) in [7, 11) is 0. The van der Waals surface area contributed by atoms with E-state index in [0.717, 1.165) is 24.5 Å². The minimum Gasteiger partial charge on any atom is -0.472 e. The number of nitrogens with zero attached hydrogens (tertiary/aromatic N) is 2. The zero-order valence-electron chi connectivity index (χ0n) is 9.07. The van der Waals surface area contributed by atoms with Gasteiger partial charge < -0.3 is 4.74 Å². The highest BCUT2D eigenvalue weighted by molar-refractivity contribution is 5.26. The first-order valence-corrected chi connectivity index (χ1v) is 5.38. The van der Waals surface area contributed by atoms with Crippen LogP contribution < -0.4 is 4.74 Å². The van der Waals surface area contributed by atoms with E-state index in [9.17, 15) is 0 Å². The highest BCUT2D eigenvalue weighted by Crippen LogP contribution is 2.25. The van der Waals surface area contributed by atoms with Gasteiger partial charge in [0.2, 0.25) is 5.88 Å². The number of aryl methyl sites for hydroxylation is 1. The van der Waals surface area contributed by atoms with Gasteiger partial charge in [-0.05, 0) is 30.7 Å². The summed E-state index contributed by atoms with van der Waals surface area (Å²) in [5, 5.41) is 8.23. The molecule has 0 fully saturated rings. The molecular weight excluding hydrogens is 188 g/mol. The first-order chi connectivity index (χ1) is 7.29. The van der Waals surface area contributed by atoms with Crippen molar-refractivity contribution in [2.75, 3.05) is 6.61 Å². The maximum Gasteiger partial charge on any atom is 0.233 e. The number of hydrogen-bond donors (Lipinski definition) is 0. The van der Waals surface area contributed by atoms with Crippen molar-refractivity contribution in [1.82, 2.24) is 10.2 Å². The van der Waals surface area contributed by atoms with Crippen LogP contribution in [0.25, 0.3) is 0 Å². The van der Waals surface area contributed by atoms with E-state index < -0.39 is 0 Å². The van der Waals surface area contributed by atoms with E-state index in [2.05, 4.69) is 23.7 Å². The molecule has 0 saturated heterocycles. The molecule has 1 aliphatic rings. The van der Waals surface area contributed by atoms with Gasteiger partial charge in [-0.3, -0.25) is 0 Å². The van der Waals surface area contributed by atoms with Gasteiger partial charge in [-0.15, -0.1) is 5.10 Å². The molecule has 0 bridgehead atoms. The van der Waals surface area contributed by atoms with Crippen LogP contribution in [0.15, 0.2) is 18.7 Å². The molecule has 1 unspecified atom stereocenters. The summed E-state index contributed by atoms with van der Waals surface area (Å²) >= 11 is 0. The molecule has 0 saturated carbocycles. The Kier molecular flexibility index (Phi) is 2.99. The zero-order valence-corrected chi connectivity index (χ0v) is 9.07. The lowest BCUT2D eigenvalue weighted by Crippen LogP contribution is -2.14. The molecule has 0 spiro atoms. The lowest BCUT2D eigenvalue weighted by molar-refractivity contribution is 0.340. The molecule has 0 N–H and O–H groups in total. The Balaban J connectivity index is 2.16. The van der Waals surface area contributed by atoms with Crippen LogP contribution in [0.5, 0.6) is 5.88 Å². The van der Waals surface area contributed by atoms with Crippen LogP contribution in [-0.2, 0) is 12.8 Å². The SMILES string of the molecule is C=CCOc1cc2c(nn1)CCC(C)C2. The van der Waals surface area contributed by atoms with Crippen molar-refractivity contribution < 1.29 is 4.74 Å². The fourth-order valence-electron chi connectivity index (χ4n) is 1.90. The molecule has 0 radical (unpaired) electrons. The average Bonchev–Trinajstić information content (AvgIpc) is 2.25. The Bertz CT molecular complexity index is 363. The van der Waals surface area contributed by atoms with E-state index >= 15 is 0 Å². The Morgan fingerprint density at radius 2 is 2.47 bits per heavy atom. The minimum absolute atomic E-state index is 0.489. The quantitative estimate of drug-likeness (QED) is 0.708. The van der Waals surface area contributed by atoms with Crippen LogP contribution in [0, 0.1) is 5.92 Å². The van der Waals surface area contributed by atoms with Crippen molar-refractivity contribution >= 4 is 0 Å². The van der Waals surface area contributed by atoms with Crippen molar-refractivity contribution in [3.8, 4) is 5.88 Å². The summed E-state index contributed by atoms with van der Waals surface area (Å²) in [6, 6.07) is 2.02. The molecule has 80 valence electrons. The second kappa shape index (κ2) is 4.43. The Morgan fingerprint density at radius 1 is 1.60 bits per heavy atom. The first kappa shape index (κ1) is 10.1. The fourth-order valence-corrected chi connectivity index (χ4v) is 1.90.